The molecular formula is C20H28O3. The first kappa shape index (κ1) is 14.7. The summed E-state index contributed by atoms with van der Waals surface area (Å²) in [6.07, 6.45) is 11.2. The monoisotopic (exact) mass is 316 g/mol. The predicted octanol–water partition coefficient (Wildman–Crippen LogP) is 3.73. The zero-order valence-electron chi connectivity index (χ0n) is 14.1. The molecule has 0 aromatic carbocycles. The maximum atomic E-state index is 10.5. The fraction of sp³-hybridized carbons (Fsp3) is 0.800. The van der Waals surface area contributed by atoms with E-state index in [1.54, 1.807) is 16.7 Å². The van der Waals surface area contributed by atoms with Gasteiger partial charge in [-0.1, -0.05) is 18.6 Å². The topological polar surface area (TPSA) is 38.7 Å². The Balaban J connectivity index is 1.48. The summed E-state index contributed by atoms with van der Waals surface area (Å²) in [7, 11) is 0. The second-order valence-corrected chi connectivity index (χ2v) is 8.58. The van der Waals surface area contributed by atoms with Gasteiger partial charge in [-0.15, -0.1) is 0 Å². The lowest BCUT2D eigenvalue weighted by Gasteiger charge is -2.48. The number of allylic oxidation sites excluding steroid dienone is 3. The molecule has 1 heterocycles. The summed E-state index contributed by atoms with van der Waals surface area (Å²) in [6, 6.07) is 0. The summed E-state index contributed by atoms with van der Waals surface area (Å²) in [5.41, 5.74) is 4.99. The number of aliphatic hydroxyl groups excluding tert-OH is 1. The maximum absolute atomic E-state index is 10.5. The van der Waals surface area contributed by atoms with E-state index in [2.05, 4.69) is 13.0 Å². The van der Waals surface area contributed by atoms with E-state index in [0.717, 1.165) is 45.3 Å². The van der Waals surface area contributed by atoms with Gasteiger partial charge in [0.05, 0.1) is 19.3 Å². The third kappa shape index (κ3) is 1.99. The van der Waals surface area contributed by atoms with Gasteiger partial charge in [0.1, 0.15) is 0 Å². The Hall–Kier alpha value is -0.640. The third-order valence-corrected chi connectivity index (χ3v) is 7.59. The van der Waals surface area contributed by atoms with Crippen molar-refractivity contribution in [2.45, 2.75) is 70.2 Å². The zero-order valence-corrected chi connectivity index (χ0v) is 14.1. The Morgan fingerprint density at radius 3 is 2.78 bits per heavy atom. The second kappa shape index (κ2) is 4.93. The molecule has 126 valence electrons. The van der Waals surface area contributed by atoms with E-state index in [1.807, 2.05) is 0 Å². The quantitative estimate of drug-likeness (QED) is 0.740. The molecule has 2 fully saturated rings. The van der Waals surface area contributed by atoms with E-state index in [1.165, 1.54) is 19.3 Å². The number of hydrogen-bond acceptors (Lipinski definition) is 3. The largest absolute Gasteiger partial charge is 0.393 e. The summed E-state index contributed by atoms with van der Waals surface area (Å²) < 4.78 is 11.9. The van der Waals surface area contributed by atoms with Crippen LogP contribution in [0.5, 0.6) is 0 Å². The van der Waals surface area contributed by atoms with Crippen LogP contribution < -0.4 is 0 Å². The van der Waals surface area contributed by atoms with E-state index in [-0.39, 0.29) is 17.3 Å². The van der Waals surface area contributed by atoms with Crippen LogP contribution in [0.15, 0.2) is 22.8 Å². The van der Waals surface area contributed by atoms with Crippen LogP contribution in [0.25, 0.3) is 0 Å². The van der Waals surface area contributed by atoms with Gasteiger partial charge in [-0.3, -0.25) is 0 Å². The smallest absolute Gasteiger partial charge is 0.172 e. The van der Waals surface area contributed by atoms with E-state index >= 15 is 0 Å². The summed E-state index contributed by atoms with van der Waals surface area (Å²) in [5, 5.41) is 10.5. The van der Waals surface area contributed by atoms with Crippen LogP contribution >= 0.6 is 0 Å². The average molecular weight is 316 g/mol. The molecule has 0 amide bonds. The highest BCUT2D eigenvalue weighted by molar-refractivity contribution is 5.44. The number of aliphatic hydroxyl groups is 1. The Kier molecular flexibility index (Phi) is 3.15. The molecular weight excluding hydrogens is 288 g/mol. The van der Waals surface area contributed by atoms with Crippen molar-refractivity contribution in [2.75, 3.05) is 13.2 Å². The van der Waals surface area contributed by atoms with Gasteiger partial charge in [-0.05, 0) is 61.5 Å². The zero-order chi connectivity index (χ0) is 15.7. The van der Waals surface area contributed by atoms with Crippen molar-refractivity contribution in [2.24, 2.45) is 17.3 Å². The molecule has 1 saturated carbocycles. The molecule has 4 aliphatic carbocycles. The lowest BCUT2D eigenvalue weighted by molar-refractivity contribution is -0.164. The molecule has 0 radical (unpaired) electrons. The van der Waals surface area contributed by atoms with Crippen LogP contribution in [0.2, 0.25) is 0 Å². The highest BCUT2D eigenvalue weighted by Crippen LogP contribution is 2.59. The van der Waals surface area contributed by atoms with Gasteiger partial charge in [0.2, 0.25) is 0 Å². The second-order valence-electron chi connectivity index (χ2n) is 8.58. The van der Waals surface area contributed by atoms with E-state index in [9.17, 15) is 5.11 Å². The molecule has 23 heavy (non-hydrogen) atoms. The molecule has 3 heteroatoms. The fourth-order valence-electron chi connectivity index (χ4n) is 6.27. The molecule has 1 aliphatic heterocycles. The van der Waals surface area contributed by atoms with Crippen molar-refractivity contribution in [1.82, 2.24) is 0 Å². The average Bonchev–Trinajstić information content (AvgIpc) is 3.12. The predicted molar refractivity (Wildman–Crippen MR) is 87.8 cm³/mol. The third-order valence-electron chi connectivity index (χ3n) is 7.59. The van der Waals surface area contributed by atoms with E-state index in [0.29, 0.717) is 11.8 Å². The minimum Gasteiger partial charge on any atom is -0.393 e. The van der Waals surface area contributed by atoms with Crippen molar-refractivity contribution in [3.63, 3.8) is 0 Å². The lowest BCUT2D eigenvalue weighted by Crippen LogP contribution is -2.42. The Morgan fingerprint density at radius 2 is 1.96 bits per heavy atom. The first-order valence-electron chi connectivity index (χ1n) is 9.49. The van der Waals surface area contributed by atoms with Gasteiger partial charge in [-0.2, -0.15) is 0 Å². The van der Waals surface area contributed by atoms with E-state index < -0.39 is 0 Å². The highest BCUT2D eigenvalue weighted by Gasteiger charge is 2.53. The van der Waals surface area contributed by atoms with Crippen molar-refractivity contribution < 1.29 is 14.6 Å². The van der Waals surface area contributed by atoms with Gasteiger partial charge in [0, 0.05) is 18.3 Å². The lowest BCUT2D eigenvalue weighted by atomic mass is 9.58. The molecule has 3 nitrogen and oxygen atoms in total. The summed E-state index contributed by atoms with van der Waals surface area (Å²) in [4.78, 5) is 0. The molecule has 5 aliphatic rings. The summed E-state index contributed by atoms with van der Waals surface area (Å²) in [5.74, 6) is 1.07. The van der Waals surface area contributed by atoms with Crippen molar-refractivity contribution in [3.05, 3.63) is 22.8 Å². The Labute approximate surface area is 138 Å². The van der Waals surface area contributed by atoms with Crippen molar-refractivity contribution in [3.8, 4) is 0 Å². The summed E-state index contributed by atoms with van der Waals surface area (Å²) >= 11 is 0. The van der Waals surface area contributed by atoms with Crippen LogP contribution in [0.3, 0.4) is 0 Å². The van der Waals surface area contributed by atoms with Crippen LogP contribution in [0, 0.1) is 17.3 Å². The molecule has 0 aromatic heterocycles. The van der Waals surface area contributed by atoms with Gasteiger partial charge in [-0.25, -0.2) is 0 Å². The van der Waals surface area contributed by atoms with Crippen LogP contribution in [0.4, 0.5) is 0 Å². The van der Waals surface area contributed by atoms with Crippen LogP contribution in [0.1, 0.15) is 58.3 Å². The molecule has 1 N–H and O–H groups in total. The fourth-order valence-corrected chi connectivity index (χ4v) is 6.27. The van der Waals surface area contributed by atoms with E-state index in [4.69, 9.17) is 9.47 Å². The Morgan fingerprint density at radius 1 is 1.13 bits per heavy atom. The minimum atomic E-state index is -0.293. The van der Waals surface area contributed by atoms with Gasteiger partial charge >= 0.3 is 0 Å². The molecule has 5 rings (SSSR count). The molecule has 0 aromatic rings. The molecule has 1 saturated heterocycles. The normalized spacial score (nSPS) is 44.8. The molecule has 0 unspecified atom stereocenters. The summed E-state index contributed by atoms with van der Waals surface area (Å²) in [6.45, 7) is 3.83. The first-order valence-corrected chi connectivity index (χ1v) is 9.49. The highest BCUT2D eigenvalue weighted by atomic mass is 16.7. The Bertz CT molecular complexity index is 584. The van der Waals surface area contributed by atoms with Gasteiger partial charge in [0.25, 0.3) is 0 Å². The molecule has 4 atom stereocenters. The molecule has 0 bridgehead atoms. The van der Waals surface area contributed by atoms with Crippen molar-refractivity contribution in [1.29, 1.82) is 0 Å². The number of fused-ring (bicyclic) bond motifs is 4. The van der Waals surface area contributed by atoms with Crippen LogP contribution in [-0.4, -0.2) is 30.2 Å². The number of ether oxygens (including phenoxy) is 2. The van der Waals surface area contributed by atoms with Gasteiger partial charge in [0.15, 0.2) is 5.79 Å². The number of rotatable bonds is 0. The van der Waals surface area contributed by atoms with Crippen molar-refractivity contribution >= 4 is 0 Å². The number of hydrogen-bond donors (Lipinski definition) is 1. The first-order chi connectivity index (χ1) is 11.1. The van der Waals surface area contributed by atoms with Gasteiger partial charge < -0.3 is 14.6 Å². The maximum Gasteiger partial charge on any atom is 0.172 e. The standard InChI is InChI=1S/C20H28O3/c1-19-8-6-15-14-7-9-20(22-10-11-23-20)12-13(14)2-3-16(15)17(19)4-5-18(19)21/h6,16-18,21H,2-5,7-12H2,1H3/t16-,17-,18-,19+/m1/s1. The SMILES string of the molecule is C[C@]12CC=C3C4=C(CC[C@H]3[C@H]1CC[C@H]2O)CC1(CC4)OCCO1. The minimum absolute atomic E-state index is 0.101. The van der Waals surface area contributed by atoms with Crippen LogP contribution in [-0.2, 0) is 9.47 Å². The molecule has 1 spiro atoms.